The fourth-order valence-corrected chi connectivity index (χ4v) is 6.71. The lowest BCUT2D eigenvalue weighted by Gasteiger charge is -2.25. The predicted octanol–water partition coefficient (Wildman–Crippen LogP) is 11.0. The van der Waals surface area contributed by atoms with Crippen molar-refractivity contribution in [2.75, 3.05) is 40.9 Å². The maximum atomic E-state index is 12.2. The smallest absolute Gasteiger partial charge is 0.387 e. The summed E-state index contributed by atoms with van der Waals surface area (Å²) in [6, 6.07) is -0.861. The van der Waals surface area contributed by atoms with Gasteiger partial charge in [0.1, 0.15) is 13.2 Å². The summed E-state index contributed by atoms with van der Waals surface area (Å²) in [4.78, 5) is 21.5. The van der Waals surface area contributed by atoms with Crippen molar-refractivity contribution in [3.05, 3.63) is 24.3 Å². The predicted molar refractivity (Wildman–Crippen MR) is 212 cm³/mol. The van der Waals surface area contributed by atoms with Crippen LogP contribution >= 0.6 is 7.82 Å². The molecule has 0 rings (SSSR count). The van der Waals surface area contributed by atoms with Crippen LogP contribution in [0.25, 0.3) is 0 Å². The van der Waals surface area contributed by atoms with Gasteiger partial charge in [0.15, 0.2) is 0 Å². The molecule has 0 heterocycles. The average molecular weight is 730 g/mol. The Morgan fingerprint density at radius 2 is 1.06 bits per heavy atom. The quantitative estimate of drug-likeness (QED) is 0.0254. The molecule has 0 aromatic heterocycles. The van der Waals surface area contributed by atoms with Crippen molar-refractivity contribution in [3.8, 4) is 0 Å². The van der Waals surface area contributed by atoms with Crippen molar-refractivity contribution in [3.63, 3.8) is 0 Å². The Hall–Kier alpha value is -1.02. The number of unbranched alkanes of at least 4 members (excludes halogenated alkanes) is 24. The summed E-state index contributed by atoms with van der Waals surface area (Å²) in [5, 5.41) is 13.1. The molecular formula is C41H82N2O6P+. The number of rotatable bonds is 37. The van der Waals surface area contributed by atoms with Crippen LogP contribution in [0.2, 0.25) is 0 Å². The summed E-state index contributed by atoms with van der Waals surface area (Å²) in [5.74, 6) is -0.363. The van der Waals surface area contributed by atoms with Gasteiger partial charge in [0, 0.05) is 6.92 Å². The molecule has 1 amide bonds. The van der Waals surface area contributed by atoms with E-state index in [2.05, 4.69) is 24.4 Å². The normalized spacial score (nSPS) is 14.8. The summed E-state index contributed by atoms with van der Waals surface area (Å²) >= 11 is 0. The van der Waals surface area contributed by atoms with E-state index in [0.29, 0.717) is 11.0 Å². The minimum Gasteiger partial charge on any atom is -0.387 e. The van der Waals surface area contributed by atoms with Crippen molar-refractivity contribution < 1.29 is 32.9 Å². The second-order valence-corrected chi connectivity index (χ2v) is 16.9. The molecule has 296 valence electrons. The molecule has 50 heavy (non-hydrogen) atoms. The summed E-state index contributed by atoms with van der Waals surface area (Å²) in [7, 11) is 1.55. The number of nitrogens with zero attached hydrogens (tertiary/aromatic N) is 1. The fraction of sp³-hybridized carbons (Fsp3) is 0.878. The number of allylic oxidation sites excluding steroid dienone is 3. The molecule has 3 unspecified atom stereocenters. The molecule has 0 aliphatic carbocycles. The number of hydrogen-bond acceptors (Lipinski definition) is 5. The van der Waals surface area contributed by atoms with Crippen molar-refractivity contribution in [2.24, 2.45) is 0 Å². The van der Waals surface area contributed by atoms with Crippen molar-refractivity contribution in [1.29, 1.82) is 0 Å². The van der Waals surface area contributed by atoms with Crippen molar-refractivity contribution >= 4 is 13.7 Å². The van der Waals surface area contributed by atoms with E-state index in [4.69, 9.17) is 9.05 Å². The summed E-state index contributed by atoms with van der Waals surface area (Å²) in [6.45, 7) is 3.86. The average Bonchev–Trinajstić information content (AvgIpc) is 3.05. The van der Waals surface area contributed by atoms with Gasteiger partial charge in [-0.3, -0.25) is 13.8 Å². The second-order valence-electron chi connectivity index (χ2n) is 15.5. The van der Waals surface area contributed by atoms with E-state index in [1.807, 2.05) is 27.2 Å². The molecule has 0 aromatic carbocycles. The Morgan fingerprint density at radius 3 is 1.48 bits per heavy atom. The molecule has 0 aliphatic rings. The minimum atomic E-state index is -4.30. The highest BCUT2D eigenvalue weighted by molar-refractivity contribution is 7.47. The number of likely N-dealkylation sites (N-methyl/N-ethyl adjacent to an activating group) is 1. The number of aliphatic hydroxyl groups excluding tert-OH is 1. The third kappa shape index (κ3) is 36.8. The number of carbonyl (C=O) groups is 1. The van der Waals surface area contributed by atoms with E-state index in [0.717, 1.165) is 19.3 Å². The number of phosphoric ester groups is 1. The first-order chi connectivity index (χ1) is 24.0. The Morgan fingerprint density at radius 1 is 0.660 bits per heavy atom. The van der Waals surface area contributed by atoms with E-state index in [9.17, 15) is 19.4 Å². The van der Waals surface area contributed by atoms with Crippen LogP contribution in [0.3, 0.4) is 0 Å². The van der Waals surface area contributed by atoms with E-state index in [-0.39, 0.29) is 19.1 Å². The summed E-state index contributed by atoms with van der Waals surface area (Å²) < 4.78 is 22.8. The lowest BCUT2D eigenvalue weighted by molar-refractivity contribution is -0.870. The van der Waals surface area contributed by atoms with Crippen LogP contribution in [0, 0.1) is 0 Å². The maximum Gasteiger partial charge on any atom is 0.472 e. The first-order valence-electron chi connectivity index (χ1n) is 20.7. The highest BCUT2D eigenvalue weighted by Crippen LogP contribution is 2.43. The number of quaternary nitrogens is 1. The fourth-order valence-electron chi connectivity index (χ4n) is 5.97. The first-order valence-corrected chi connectivity index (χ1v) is 22.2. The zero-order chi connectivity index (χ0) is 37.2. The maximum absolute atomic E-state index is 12.2. The van der Waals surface area contributed by atoms with Gasteiger partial charge in [-0.25, -0.2) is 4.57 Å². The van der Waals surface area contributed by atoms with Gasteiger partial charge in [-0.05, 0) is 25.7 Å². The van der Waals surface area contributed by atoms with Crippen molar-refractivity contribution in [2.45, 2.75) is 193 Å². The minimum absolute atomic E-state index is 0.0533. The van der Waals surface area contributed by atoms with Crippen molar-refractivity contribution in [1.82, 2.24) is 5.32 Å². The van der Waals surface area contributed by atoms with Crippen LogP contribution < -0.4 is 5.32 Å². The third-order valence-corrected chi connectivity index (χ3v) is 10.2. The lowest BCUT2D eigenvalue weighted by atomic mass is 10.0. The molecule has 8 nitrogen and oxygen atoms in total. The monoisotopic (exact) mass is 730 g/mol. The van der Waals surface area contributed by atoms with Gasteiger partial charge in [0.25, 0.3) is 0 Å². The first kappa shape index (κ1) is 49.0. The van der Waals surface area contributed by atoms with E-state index in [1.165, 1.54) is 155 Å². The highest BCUT2D eigenvalue weighted by Gasteiger charge is 2.27. The zero-order valence-corrected chi connectivity index (χ0v) is 34.3. The molecule has 0 spiro atoms. The number of hydrogen-bond donors (Lipinski definition) is 3. The Kier molecular flexibility index (Phi) is 33.1. The highest BCUT2D eigenvalue weighted by atomic mass is 31.2. The summed E-state index contributed by atoms with van der Waals surface area (Å²) in [5.41, 5.74) is 0. The zero-order valence-electron chi connectivity index (χ0n) is 33.4. The topological polar surface area (TPSA) is 105 Å². The lowest BCUT2D eigenvalue weighted by Crippen LogP contribution is -2.44. The summed E-state index contributed by atoms with van der Waals surface area (Å²) in [6.07, 6.45) is 42.0. The van der Waals surface area contributed by atoms with Crippen LogP contribution in [0.15, 0.2) is 24.3 Å². The van der Waals surface area contributed by atoms with E-state index >= 15 is 0 Å². The molecule has 9 heteroatoms. The molecule has 0 saturated carbocycles. The molecule has 0 aliphatic heterocycles. The largest absolute Gasteiger partial charge is 0.472 e. The number of carbonyl (C=O) groups excluding carboxylic acids is 1. The van der Waals surface area contributed by atoms with Gasteiger partial charge in [-0.2, -0.15) is 0 Å². The molecule has 3 N–H and O–H groups in total. The van der Waals surface area contributed by atoms with Gasteiger partial charge in [-0.15, -0.1) is 0 Å². The molecule has 0 saturated heterocycles. The molecule has 0 bridgehead atoms. The van der Waals surface area contributed by atoms with Crippen LogP contribution in [-0.2, 0) is 18.4 Å². The van der Waals surface area contributed by atoms with Crippen LogP contribution in [-0.4, -0.2) is 73.4 Å². The number of phosphoric acid groups is 1. The van der Waals surface area contributed by atoms with Crippen LogP contribution in [0.1, 0.15) is 181 Å². The standard InChI is InChI=1S/C41H81N2O6P/c1-6-7-8-9-10-11-12-13-14-15-16-17-18-19-20-21-22-23-24-25-26-27-28-29-30-31-32-33-34-35-41(45)40(42-39(2)44)38-49-50(46,47)48-37-36-43(3,4)5/h30-31,34-35,40-41,45H,6-29,32-33,36-38H2,1-5H3,(H-,42,44,46,47)/p+1/b31-30+,35-34+. The Balaban J connectivity index is 3.68. The molecule has 0 fully saturated rings. The van der Waals surface area contributed by atoms with E-state index in [1.54, 1.807) is 6.08 Å². The Labute approximate surface area is 309 Å². The van der Waals surface area contributed by atoms with Gasteiger partial charge in [-0.1, -0.05) is 172 Å². The number of nitrogens with one attached hydrogen (secondary N) is 1. The van der Waals surface area contributed by atoms with Gasteiger partial charge in [0.05, 0.1) is 39.9 Å². The Bertz CT molecular complexity index is 876. The second kappa shape index (κ2) is 33.8. The molecular weight excluding hydrogens is 647 g/mol. The van der Waals surface area contributed by atoms with E-state index < -0.39 is 20.0 Å². The number of amides is 1. The van der Waals surface area contributed by atoms with Gasteiger partial charge >= 0.3 is 7.82 Å². The van der Waals surface area contributed by atoms with Gasteiger partial charge < -0.3 is 19.8 Å². The molecule has 0 radical (unpaired) electrons. The number of aliphatic hydroxyl groups is 1. The third-order valence-electron chi connectivity index (χ3n) is 9.21. The van der Waals surface area contributed by atoms with Gasteiger partial charge in [0.2, 0.25) is 5.91 Å². The molecule has 3 atom stereocenters. The van der Waals surface area contributed by atoms with Crippen LogP contribution in [0.5, 0.6) is 0 Å². The SMILES string of the molecule is CCCCCCCCCCCCCCCCCCCCCCCCC/C=C/CC/C=C/C(O)C(COP(=O)(O)OCC[N+](C)(C)C)NC(C)=O. The molecule has 0 aromatic rings. The van der Waals surface area contributed by atoms with Crippen LogP contribution in [0.4, 0.5) is 0 Å².